The van der Waals surface area contributed by atoms with Crippen molar-refractivity contribution in [3.05, 3.63) is 65.7 Å². The van der Waals surface area contributed by atoms with E-state index < -0.39 is 11.9 Å². The lowest BCUT2D eigenvalue weighted by molar-refractivity contribution is -0.128. The fraction of sp³-hybridized carbons (Fsp3) is 0.111. The van der Waals surface area contributed by atoms with E-state index in [1.54, 1.807) is 6.08 Å². The van der Waals surface area contributed by atoms with Crippen molar-refractivity contribution in [1.82, 2.24) is 0 Å². The Morgan fingerprint density at radius 1 is 1.00 bits per heavy atom. The summed E-state index contributed by atoms with van der Waals surface area (Å²) in [6.07, 6.45) is 2.93. The first-order valence-electron chi connectivity index (χ1n) is 7.04. The molecular formula is C18H16O5. The molecule has 0 radical (unpaired) electrons. The van der Waals surface area contributed by atoms with E-state index in [9.17, 15) is 9.59 Å². The van der Waals surface area contributed by atoms with Crippen LogP contribution in [0, 0.1) is 0 Å². The molecule has 0 atom stereocenters. The molecule has 2 rings (SSSR count). The number of hydrogen-bond donors (Lipinski definition) is 1. The second-order valence-electron chi connectivity index (χ2n) is 4.59. The van der Waals surface area contributed by atoms with Gasteiger partial charge >= 0.3 is 11.9 Å². The summed E-state index contributed by atoms with van der Waals surface area (Å²) in [5.41, 5.74) is 0.973. The molecule has 118 valence electrons. The van der Waals surface area contributed by atoms with Gasteiger partial charge in [0.05, 0.1) is 12.2 Å². The van der Waals surface area contributed by atoms with Crippen LogP contribution >= 0.6 is 0 Å². The van der Waals surface area contributed by atoms with Crippen LogP contribution in [0.25, 0.3) is 6.08 Å². The number of ether oxygens (including phenoxy) is 2. The number of carbonyl (C=O) groups excluding carboxylic acids is 1. The van der Waals surface area contributed by atoms with Gasteiger partial charge < -0.3 is 14.6 Å². The van der Waals surface area contributed by atoms with E-state index in [0.29, 0.717) is 6.61 Å². The van der Waals surface area contributed by atoms with Crippen LogP contribution in [-0.2, 0) is 4.79 Å². The van der Waals surface area contributed by atoms with Crippen LogP contribution in [0.1, 0.15) is 22.8 Å². The topological polar surface area (TPSA) is 72.8 Å². The monoisotopic (exact) mass is 312 g/mol. The van der Waals surface area contributed by atoms with Gasteiger partial charge in [0, 0.05) is 6.08 Å². The molecule has 0 unspecified atom stereocenters. The zero-order valence-corrected chi connectivity index (χ0v) is 12.6. The third-order valence-electron chi connectivity index (χ3n) is 2.92. The first kappa shape index (κ1) is 16.3. The molecule has 0 bridgehead atoms. The highest BCUT2D eigenvalue weighted by molar-refractivity contribution is 5.89. The molecule has 0 spiro atoms. The summed E-state index contributed by atoms with van der Waals surface area (Å²) >= 11 is 0. The molecule has 0 aliphatic heterocycles. The van der Waals surface area contributed by atoms with Crippen molar-refractivity contribution in [2.24, 2.45) is 0 Å². The maximum Gasteiger partial charge on any atom is 0.336 e. The van der Waals surface area contributed by atoms with Crippen molar-refractivity contribution < 1.29 is 24.2 Å². The molecule has 2 aromatic rings. The number of carbonyl (C=O) groups is 2. The van der Waals surface area contributed by atoms with E-state index in [0.717, 1.165) is 11.3 Å². The van der Waals surface area contributed by atoms with Crippen molar-refractivity contribution in [3.8, 4) is 11.5 Å². The summed E-state index contributed by atoms with van der Waals surface area (Å²) in [6, 6.07) is 12.9. The van der Waals surface area contributed by atoms with Gasteiger partial charge in [0.1, 0.15) is 11.5 Å². The molecule has 0 saturated heterocycles. The predicted molar refractivity (Wildman–Crippen MR) is 85.7 cm³/mol. The van der Waals surface area contributed by atoms with Crippen molar-refractivity contribution in [2.45, 2.75) is 6.92 Å². The number of carboxylic acids is 1. The Hall–Kier alpha value is -3.08. The lowest BCUT2D eigenvalue weighted by atomic mass is 10.2. The number of carboxylic acid groups (broad SMARTS) is 1. The van der Waals surface area contributed by atoms with Crippen LogP contribution in [0.15, 0.2) is 54.6 Å². The van der Waals surface area contributed by atoms with Gasteiger partial charge in [0.25, 0.3) is 0 Å². The second-order valence-corrected chi connectivity index (χ2v) is 4.59. The Labute approximate surface area is 133 Å². The predicted octanol–water partition coefficient (Wildman–Crippen LogP) is 3.40. The minimum absolute atomic E-state index is 0.134. The summed E-state index contributed by atoms with van der Waals surface area (Å²) in [5.74, 6) is -0.512. The molecule has 5 heteroatoms. The molecule has 0 aliphatic carbocycles. The van der Waals surface area contributed by atoms with Gasteiger partial charge in [-0.2, -0.15) is 0 Å². The normalized spacial score (nSPS) is 10.5. The SMILES string of the molecule is CCOc1ccc(/C=C/C(=O)Oc2ccc(C(=O)O)cc2)cc1. The van der Waals surface area contributed by atoms with Crippen LogP contribution in [0.4, 0.5) is 0 Å². The molecule has 1 N–H and O–H groups in total. The van der Waals surface area contributed by atoms with Gasteiger partial charge in [-0.15, -0.1) is 0 Å². The van der Waals surface area contributed by atoms with E-state index in [1.165, 1.54) is 30.3 Å². The highest BCUT2D eigenvalue weighted by Crippen LogP contribution is 2.14. The van der Waals surface area contributed by atoms with E-state index in [2.05, 4.69) is 0 Å². The Bertz CT molecular complexity index is 699. The van der Waals surface area contributed by atoms with Crippen LogP contribution in [0.2, 0.25) is 0 Å². The van der Waals surface area contributed by atoms with Gasteiger partial charge in [-0.1, -0.05) is 12.1 Å². The molecule has 0 aromatic heterocycles. The Morgan fingerprint density at radius 2 is 1.61 bits per heavy atom. The second kappa shape index (κ2) is 7.79. The van der Waals surface area contributed by atoms with Crippen LogP contribution in [0.5, 0.6) is 11.5 Å². The van der Waals surface area contributed by atoms with E-state index in [1.807, 2.05) is 31.2 Å². The number of benzene rings is 2. The number of hydrogen-bond acceptors (Lipinski definition) is 4. The minimum Gasteiger partial charge on any atom is -0.494 e. The van der Waals surface area contributed by atoms with Crippen molar-refractivity contribution in [2.75, 3.05) is 6.61 Å². The van der Waals surface area contributed by atoms with Crippen molar-refractivity contribution in [3.63, 3.8) is 0 Å². The summed E-state index contributed by atoms with van der Waals surface area (Å²) in [4.78, 5) is 22.5. The summed E-state index contributed by atoms with van der Waals surface area (Å²) < 4.78 is 10.4. The maximum absolute atomic E-state index is 11.7. The van der Waals surface area contributed by atoms with Crippen molar-refractivity contribution in [1.29, 1.82) is 0 Å². The quantitative estimate of drug-likeness (QED) is 0.503. The van der Waals surface area contributed by atoms with Crippen LogP contribution in [-0.4, -0.2) is 23.7 Å². The standard InChI is InChI=1S/C18H16O5/c1-2-22-15-8-3-13(4-9-15)5-12-17(19)23-16-10-6-14(7-11-16)18(20)21/h3-12H,2H2,1H3,(H,20,21)/b12-5+. The van der Waals surface area contributed by atoms with E-state index >= 15 is 0 Å². The Kier molecular flexibility index (Phi) is 5.52. The van der Waals surface area contributed by atoms with Gasteiger partial charge in [-0.25, -0.2) is 9.59 Å². The highest BCUT2D eigenvalue weighted by atomic mass is 16.5. The average molecular weight is 312 g/mol. The van der Waals surface area contributed by atoms with E-state index in [-0.39, 0.29) is 11.3 Å². The zero-order chi connectivity index (χ0) is 16.7. The molecule has 23 heavy (non-hydrogen) atoms. The maximum atomic E-state index is 11.7. The van der Waals surface area contributed by atoms with E-state index in [4.69, 9.17) is 14.6 Å². The summed E-state index contributed by atoms with van der Waals surface area (Å²) in [7, 11) is 0. The number of aromatic carboxylic acids is 1. The Balaban J connectivity index is 1.94. The molecule has 0 aliphatic rings. The summed E-state index contributed by atoms with van der Waals surface area (Å²) in [6.45, 7) is 2.51. The average Bonchev–Trinajstić information content (AvgIpc) is 2.55. The van der Waals surface area contributed by atoms with Gasteiger partial charge in [0.2, 0.25) is 0 Å². The molecule has 0 heterocycles. The fourth-order valence-corrected chi connectivity index (χ4v) is 1.82. The lowest BCUT2D eigenvalue weighted by Crippen LogP contribution is -2.04. The molecule has 5 nitrogen and oxygen atoms in total. The van der Waals surface area contributed by atoms with Crippen LogP contribution < -0.4 is 9.47 Å². The third kappa shape index (κ3) is 5.00. The first-order chi connectivity index (χ1) is 11.1. The smallest absolute Gasteiger partial charge is 0.336 e. The number of esters is 1. The third-order valence-corrected chi connectivity index (χ3v) is 2.92. The zero-order valence-electron chi connectivity index (χ0n) is 12.6. The highest BCUT2D eigenvalue weighted by Gasteiger charge is 2.04. The molecule has 0 saturated carbocycles. The largest absolute Gasteiger partial charge is 0.494 e. The molecular weight excluding hydrogens is 296 g/mol. The first-order valence-corrected chi connectivity index (χ1v) is 7.04. The number of rotatable bonds is 6. The minimum atomic E-state index is -1.03. The Morgan fingerprint density at radius 3 is 2.17 bits per heavy atom. The molecule has 2 aromatic carbocycles. The van der Waals surface area contributed by atoms with Crippen LogP contribution in [0.3, 0.4) is 0 Å². The lowest BCUT2D eigenvalue weighted by Gasteiger charge is -2.03. The van der Waals surface area contributed by atoms with Gasteiger partial charge in [0.15, 0.2) is 0 Å². The van der Waals surface area contributed by atoms with Crippen molar-refractivity contribution >= 4 is 18.0 Å². The molecule has 0 amide bonds. The van der Waals surface area contributed by atoms with Gasteiger partial charge in [-0.3, -0.25) is 0 Å². The van der Waals surface area contributed by atoms with Gasteiger partial charge in [-0.05, 0) is 55.0 Å². The summed E-state index contributed by atoms with van der Waals surface area (Å²) in [5, 5.41) is 8.79. The molecule has 0 fully saturated rings. The fourth-order valence-electron chi connectivity index (χ4n) is 1.82.